The molecule has 2 rings (SSSR count). The first-order valence-corrected chi connectivity index (χ1v) is 5.95. The summed E-state index contributed by atoms with van der Waals surface area (Å²) in [6.07, 6.45) is 1.05. The predicted molar refractivity (Wildman–Crippen MR) is 69.2 cm³/mol. The highest BCUT2D eigenvalue weighted by Crippen LogP contribution is 2.24. The van der Waals surface area contributed by atoms with Crippen molar-refractivity contribution in [3.63, 3.8) is 0 Å². The molecule has 0 radical (unpaired) electrons. The molecule has 2 aromatic carbocycles. The van der Waals surface area contributed by atoms with Crippen LogP contribution in [0.3, 0.4) is 0 Å². The van der Waals surface area contributed by atoms with E-state index in [9.17, 15) is 4.39 Å². The molecular formula is C15H16FNO. The van der Waals surface area contributed by atoms with E-state index in [1.807, 2.05) is 30.3 Å². The van der Waals surface area contributed by atoms with Crippen LogP contribution in [-0.2, 0) is 11.3 Å². The average molecular weight is 245 g/mol. The molecule has 0 spiro atoms. The molecule has 94 valence electrons. The first kappa shape index (κ1) is 12.7. The molecule has 0 amide bonds. The average Bonchev–Trinajstić information content (AvgIpc) is 2.42. The molecule has 0 aliphatic carbocycles. The zero-order valence-electron chi connectivity index (χ0n) is 10.1. The van der Waals surface area contributed by atoms with Gasteiger partial charge in [0.1, 0.15) is 11.9 Å². The second kappa shape index (κ2) is 6.28. The fourth-order valence-corrected chi connectivity index (χ4v) is 1.98. The maximum Gasteiger partial charge on any atom is 0.129 e. The van der Waals surface area contributed by atoms with Crippen LogP contribution < -0.4 is 5.90 Å². The van der Waals surface area contributed by atoms with E-state index in [1.54, 1.807) is 18.2 Å². The quantitative estimate of drug-likeness (QED) is 0.819. The third-order valence-electron chi connectivity index (χ3n) is 2.95. The molecule has 0 aromatic heterocycles. The Balaban J connectivity index is 2.04. The molecule has 0 saturated heterocycles. The van der Waals surface area contributed by atoms with Crippen LogP contribution in [0.4, 0.5) is 4.39 Å². The van der Waals surface area contributed by atoms with Gasteiger partial charge in [0, 0.05) is 5.56 Å². The largest absolute Gasteiger partial charge is 0.296 e. The Labute approximate surface area is 106 Å². The Morgan fingerprint density at radius 1 is 1.00 bits per heavy atom. The monoisotopic (exact) mass is 245 g/mol. The Bertz CT molecular complexity index is 487. The summed E-state index contributed by atoms with van der Waals surface area (Å²) in [4.78, 5) is 4.90. The molecule has 18 heavy (non-hydrogen) atoms. The summed E-state index contributed by atoms with van der Waals surface area (Å²) in [6.45, 7) is 0. The van der Waals surface area contributed by atoms with Crippen molar-refractivity contribution >= 4 is 0 Å². The Hall–Kier alpha value is -1.71. The van der Waals surface area contributed by atoms with E-state index < -0.39 is 6.10 Å². The molecule has 2 nitrogen and oxygen atoms in total. The van der Waals surface area contributed by atoms with Crippen LogP contribution in [-0.4, -0.2) is 0 Å². The maximum absolute atomic E-state index is 13.6. The van der Waals surface area contributed by atoms with E-state index in [-0.39, 0.29) is 5.82 Å². The van der Waals surface area contributed by atoms with Crippen LogP contribution in [0.15, 0.2) is 54.6 Å². The maximum atomic E-state index is 13.6. The molecule has 0 bridgehead atoms. The highest BCUT2D eigenvalue weighted by atomic mass is 19.1. The number of benzene rings is 2. The second-order valence-electron chi connectivity index (χ2n) is 4.17. The molecule has 3 heteroatoms. The van der Waals surface area contributed by atoms with Crippen LogP contribution in [0.2, 0.25) is 0 Å². The lowest BCUT2D eigenvalue weighted by Crippen LogP contribution is -2.12. The smallest absolute Gasteiger partial charge is 0.129 e. The van der Waals surface area contributed by atoms with Gasteiger partial charge in [0.25, 0.3) is 0 Å². The van der Waals surface area contributed by atoms with Crippen molar-refractivity contribution in [3.05, 3.63) is 71.5 Å². The predicted octanol–water partition coefficient (Wildman–Crippen LogP) is 3.39. The molecule has 0 aliphatic heterocycles. The van der Waals surface area contributed by atoms with Crippen LogP contribution in [0, 0.1) is 5.82 Å². The molecule has 1 atom stereocenters. The minimum absolute atomic E-state index is 0.277. The molecule has 0 saturated carbocycles. The lowest BCUT2D eigenvalue weighted by molar-refractivity contribution is 0.0443. The van der Waals surface area contributed by atoms with Gasteiger partial charge >= 0.3 is 0 Å². The first-order chi connectivity index (χ1) is 8.81. The Morgan fingerprint density at radius 2 is 1.67 bits per heavy atom. The van der Waals surface area contributed by atoms with Crippen molar-refractivity contribution < 1.29 is 9.23 Å². The minimum Gasteiger partial charge on any atom is -0.296 e. The van der Waals surface area contributed by atoms with Gasteiger partial charge in [-0.25, -0.2) is 10.3 Å². The summed E-state index contributed by atoms with van der Waals surface area (Å²) in [5.41, 5.74) is 1.70. The zero-order chi connectivity index (χ0) is 12.8. The zero-order valence-corrected chi connectivity index (χ0v) is 10.1. The fraction of sp³-hybridized carbons (Fsp3) is 0.200. The topological polar surface area (TPSA) is 35.2 Å². The van der Waals surface area contributed by atoms with Crippen molar-refractivity contribution in [2.45, 2.75) is 18.9 Å². The number of hydrogen-bond donors (Lipinski definition) is 1. The summed E-state index contributed by atoms with van der Waals surface area (Å²) >= 11 is 0. The van der Waals surface area contributed by atoms with Crippen LogP contribution >= 0.6 is 0 Å². The van der Waals surface area contributed by atoms with Gasteiger partial charge in [-0.05, 0) is 24.5 Å². The second-order valence-corrected chi connectivity index (χ2v) is 4.17. The molecule has 1 unspecified atom stereocenters. The summed E-state index contributed by atoms with van der Waals surface area (Å²) < 4.78 is 13.6. The van der Waals surface area contributed by atoms with E-state index in [1.165, 1.54) is 11.6 Å². The number of aryl methyl sites for hydroxylation is 1. The van der Waals surface area contributed by atoms with E-state index in [0.29, 0.717) is 12.0 Å². The van der Waals surface area contributed by atoms with Crippen molar-refractivity contribution in [3.8, 4) is 0 Å². The van der Waals surface area contributed by atoms with Gasteiger partial charge < -0.3 is 0 Å². The number of rotatable bonds is 5. The van der Waals surface area contributed by atoms with E-state index in [0.717, 1.165) is 6.42 Å². The third kappa shape index (κ3) is 3.15. The van der Waals surface area contributed by atoms with Crippen molar-refractivity contribution in [1.29, 1.82) is 0 Å². The van der Waals surface area contributed by atoms with E-state index >= 15 is 0 Å². The van der Waals surface area contributed by atoms with Gasteiger partial charge in [-0.2, -0.15) is 0 Å². The van der Waals surface area contributed by atoms with E-state index in [2.05, 4.69) is 0 Å². The van der Waals surface area contributed by atoms with Gasteiger partial charge in [0.15, 0.2) is 0 Å². The van der Waals surface area contributed by atoms with Crippen molar-refractivity contribution in [2.75, 3.05) is 0 Å². The summed E-state index contributed by atoms with van der Waals surface area (Å²) in [5, 5.41) is 0. The first-order valence-electron chi connectivity index (χ1n) is 5.95. The molecule has 0 aliphatic rings. The molecular weight excluding hydrogens is 229 g/mol. The van der Waals surface area contributed by atoms with Crippen LogP contribution in [0.25, 0.3) is 0 Å². The lowest BCUT2D eigenvalue weighted by Gasteiger charge is -2.15. The third-order valence-corrected chi connectivity index (χ3v) is 2.95. The van der Waals surface area contributed by atoms with Crippen molar-refractivity contribution in [2.24, 2.45) is 5.90 Å². The van der Waals surface area contributed by atoms with Gasteiger partial charge in [-0.3, -0.25) is 4.84 Å². The van der Waals surface area contributed by atoms with Gasteiger partial charge in [-0.1, -0.05) is 48.5 Å². The highest BCUT2D eigenvalue weighted by molar-refractivity contribution is 5.21. The number of nitrogens with two attached hydrogens (primary N) is 1. The Kier molecular flexibility index (Phi) is 4.45. The van der Waals surface area contributed by atoms with Gasteiger partial charge in [0.2, 0.25) is 0 Å². The molecule has 2 N–H and O–H groups in total. The summed E-state index contributed by atoms with van der Waals surface area (Å²) in [5.74, 6) is 4.99. The standard InChI is InChI=1S/C15H16FNO/c16-14-9-5-4-8-13(14)15(18-17)11-10-12-6-2-1-3-7-12/h1-9,15H,10-11,17H2. The normalized spacial score (nSPS) is 12.3. The van der Waals surface area contributed by atoms with E-state index in [4.69, 9.17) is 10.7 Å². The Morgan fingerprint density at radius 3 is 2.33 bits per heavy atom. The lowest BCUT2D eigenvalue weighted by atomic mass is 10.0. The SMILES string of the molecule is NOC(CCc1ccccc1)c1ccccc1F. The number of halogens is 1. The van der Waals surface area contributed by atoms with Crippen molar-refractivity contribution in [1.82, 2.24) is 0 Å². The van der Waals surface area contributed by atoms with Gasteiger partial charge in [0.05, 0.1) is 0 Å². The fourth-order valence-electron chi connectivity index (χ4n) is 1.98. The molecule has 2 aromatic rings. The summed E-state index contributed by atoms with van der Waals surface area (Å²) in [7, 11) is 0. The van der Waals surface area contributed by atoms with Crippen LogP contribution in [0.5, 0.6) is 0 Å². The highest BCUT2D eigenvalue weighted by Gasteiger charge is 2.15. The minimum atomic E-state index is -0.411. The summed E-state index contributed by atoms with van der Waals surface area (Å²) in [6, 6.07) is 16.6. The molecule has 0 fully saturated rings. The van der Waals surface area contributed by atoms with Crippen LogP contribution in [0.1, 0.15) is 23.7 Å². The molecule has 0 heterocycles. The van der Waals surface area contributed by atoms with Gasteiger partial charge in [-0.15, -0.1) is 0 Å². The number of hydrogen-bond acceptors (Lipinski definition) is 2.